The fourth-order valence-corrected chi connectivity index (χ4v) is 3.31. The molecule has 170 valence electrons. The van der Waals surface area contributed by atoms with Gasteiger partial charge >= 0.3 is 5.97 Å². The fourth-order valence-electron chi connectivity index (χ4n) is 3.05. The molecule has 8 heteroatoms. The summed E-state index contributed by atoms with van der Waals surface area (Å²) >= 11 is 6.06. The summed E-state index contributed by atoms with van der Waals surface area (Å²) in [7, 11) is 1.49. The van der Waals surface area contributed by atoms with Gasteiger partial charge in [0.15, 0.2) is 6.61 Å². The van der Waals surface area contributed by atoms with Crippen molar-refractivity contribution in [1.82, 2.24) is 5.32 Å². The minimum absolute atomic E-state index is 0.216. The van der Waals surface area contributed by atoms with Crippen LogP contribution in [-0.4, -0.2) is 37.5 Å². The lowest BCUT2D eigenvalue weighted by atomic mass is 10.1. The highest BCUT2D eigenvalue weighted by molar-refractivity contribution is 6.32. The molecular weight excluding hydrogens is 444 g/mol. The summed E-state index contributed by atoms with van der Waals surface area (Å²) in [5.74, 6) is -1.20. The van der Waals surface area contributed by atoms with Gasteiger partial charge in [-0.3, -0.25) is 9.59 Å². The number of ether oxygens (including phenoxy) is 2. The molecule has 7 nitrogen and oxygen atoms in total. The smallest absolute Gasteiger partial charge is 0.329 e. The molecule has 3 aromatic rings. The minimum Gasteiger partial charge on any atom is -0.495 e. The first-order chi connectivity index (χ1) is 16.0. The third kappa shape index (κ3) is 7.08. The number of anilines is 1. The first-order valence-electron chi connectivity index (χ1n) is 10.2. The van der Waals surface area contributed by atoms with Crippen LogP contribution in [-0.2, 0) is 20.7 Å². The number of benzene rings is 3. The largest absolute Gasteiger partial charge is 0.495 e. The Hall–Kier alpha value is -3.84. The molecule has 0 spiro atoms. The van der Waals surface area contributed by atoms with Gasteiger partial charge in [0.25, 0.3) is 11.8 Å². The van der Waals surface area contributed by atoms with E-state index < -0.39 is 30.4 Å². The van der Waals surface area contributed by atoms with E-state index in [4.69, 9.17) is 21.1 Å². The highest BCUT2D eigenvalue weighted by Crippen LogP contribution is 2.27. The SMILES string of the molecule is COc1ccc(NC(=O)COC(=O)C(Cc2ccccc2)NC(=O)c2ccccc2)cc1Cl. The van der Waals surface area contributed by atoms with E-state index in [0.29, 0.717) is 22.0 Å². The molecule has 0 heterocycles. The zero-order chi connectivity index (χ0) is 23.6. The molecule has 1 unspecified atom stereocenters. The summed E-state index contributed by atoms with van der Waals surface area (Å²) in [6.45, 7) is -0.519. The molecule has 0 aliphatic heterocycles. The Balaban J connectivity index is 1.63. The van der Waals surface area contributed by atoms with Gasteiger partial charge in [-0.05, 0) is 35.9 Å². The zero-order valence-electron chi connectivity index (χ0n) is 17.9. The first kappa shape index (κ1) is 23.8. The van der Waals surface area contributed by atoms with Crippen LogP contribution in [0.2, 0.25) is 5.02 Å². The number of hydrogen-bond acceptors (Lipinski definition) is 5. The number of carbonyl (C=O) groups excluding carboxylic acids is 3. The van der Waals surface area contributed by atoms with E-state index in [1.807, 2.05) is 30.3 Å². The molecule has 33 heavy (non-hydrogen) atoms. The van der Waals surface area contributed by atoms with Gasteiger partial charge in [-0.1, -0.05) is 60.1 Å². The molecule has 0 radical (unpaired) electrons. The van der Waals surface area contributed by atoms with Crippen molar-refractivity contribution in [3.05, 3.63) is 95.0 Å². The number of hydrogen-bond donors (Lipinski definition) is 2. The standard InChI is InChI=1S/C25H23ClN2O5/c1-32-22-13-12-19(15-20(22)26)27-23(29)16-33-25(31)21(14-17-8-4-2-5-9-17)28-24(30)18-10-6-3-7-11-18/h2-13,15,21H,14,16H2,1H3,(H,27,29)(H,28,30). The van der Waals surface area contributed by atoms with Crippen LogP contribution in [0.4, 0.5) is 5.69 Å². The normalized spacial score (nSPS) is 11.2. The third-order valence-corrected chi connectivity index (χ3v) is 4.98. The van der Waals surface area contributed by atoms with Crippen molar-refractivity contribution in [3.8, 4) is 5.75 Å². The molecule has 0 fully saturated rings. The molecule has 1 atom stereocenters. The summed E-state index contributed by atoms with van der Waals surface area (Å²) in [6, 6.07) is 21.5. The lowest BCUT2D eigenvalue weighted by Gasteiger charge is -2.18. The second kappa shape index (κ2) is 11.7. The van der Waals surface area contributed by atoms with Crippen molar-refractivity contribution in [3.63, 3.8) is 0 Å². The maximum absolute atomic E-state index is 12.8. The number of carbonyl (C=O) groups is 3. The second-order valence-electron chi connectivity index (χ2n) is 7.09. The Bertz CT molecular complexity index is 1110. The number of nitrogens with one attached hydrogen (secondary N) is 2. The molecular formula is C25H23ClN2O5. The molecule has 0 aliphatic rings. The predicted octanol–water partition coefficient (Wildman–Crippen LogP) is 3.87. The van der Waals surface area contributed by atoms with Gasteiger partial charge in [-0.15, -0.1) is 0 Å². The average molecular weight is 467 g/mol. The van der Waals surface area contributed by atoms with Crippen LogP contribution in [0.5, 0.6) is 5.75 Å². The molecule has 0 aliphatic carbocycles. The van der Waals surface area contributed by atoms with Crippen molar-refractivity contribution < 1.29 is 23.9 Å². The highest BCUT2D eigenvalue weighted by Gasteiger charge is 2.24. The average Bonchev–Trinajstić information content (AvgIpc) is 2.83. The fraction of sp³-hybridized carbons (Fsp3) is 0.160. The minimum atomic E-state index is -0.969. The van der Waals surface area contributed by atoms with Crippen LogP contribution < -0.4 is 15.4 Å². The van der Waals surface area contributed by atoms with Gasteiger partial charge in [0, 0.05) is 17.7 Å². The molecule has 3 rings (SSSR count). The Morgan fingerprint density at radius 3 is 2.24 bits per heavy atom. The van der Waals surface area contributed by atoms with E-state index in [1.165, 1.54) is 13.2 Å². The lowest BCUT2D eigenvalue weighted by molar-refractivity contribution is -0.149. The van der Waals surface area contributed by atoms with Crippen molar-refractivity contribution in [1.29, 1.82) is 0 Å². The Labute approximate surface area is 196 Å². The van der Waals surface area contributed by atoms with Crippen LogP contribution in [0.1, 0.15) is 15.9 Å². The van der Waals surface area contributed by atoms with Gasteiger partial charge in [0.05, 0.1) is 12.1 Å². The van der Waals surface area contributed by atoms with Crippen LogP contribution in [0.15, 0.2) is 78.9 Å². The lowest BCUT2D eigenvalue weighted by Crippen LogP contribution is -2.44. The van der Waals surface area contributed by atoms with Crippen LogP contribution in [0.3, 0.4) is 0 Å². The van der Waals surface area contributed by atoms with Gasteiger partial charge < -0.3 is 20.1 Å². The summed E-state index contributed by atoms with van der Waals surface area (Å²) in [6.07, 6.45) is 0.216. The van der Waals surface area contributed by atoms with E-state index in [-0.39, 0.29) is 6.42 Å². The number of esters is 1. The monoisotopic (exact) mass is 466 g/mol. The summed E-state index contributed by atoms with van der Waals surface area (Å²) in [4.78, 5) is 37.6. The van der Waals surface area contributed by atoms with Crippen LogP contribution in [0.25, 0.3) is 0 Å². The van der Waals surface area contributed by atoms with Crippen molar-refractivity contribution in [2.24, 2.45) is 0 Å². The number of rotatable bonds is 9. The molecule has 0 saturated heterocycles. The molecule has 3 aromatic carbocycles. The quantitative estimate of drug-likeness (QED) is 0.467. The van der Waals surface area contributed by atoms with E-state index in [9.17, 15) is 14.4 Å². The predicted molar refractivity (Wildman–Crippen MR) is 125 cm³/mol. The second-order valence-corrected chi connectivity index (χ2v) is 7.49. The molecule has 0 aromatic heterocycles. The Morgan fingerprint density at radius 2 is 1.61 bits per heavy atom. The zero-order valence-corrected chi connectivity index (χ0v) is 18.7. The maximum Gasteiger partial charge on any atom is 0.329 e. The van der Waals surface area contributed by atoms with Gasteiger partial charge in [-0.2, -0.15) is 0 Å². The van der Waals surface area contributed by atoms with Gasteiger partial charge in [-0.25, -0.2) is 4.79 Å². The molecule has 2 amide bonds. The number of halogens is 1. The molecule has 2 N–H and O–H groups in total. The summed E-state index contributed by atoms with van der Waals surface area (Å²) in [5, 5.41) is 5.63. The highest BCUT2D eigenvalue weighted by atomic mass is 35.5. The van der Waals surface area contributed by atoms with Crippen molar-refractivity contribution in [2.75, 3.05) is 19.0 Å². The maximum atomic E-state index is 12.8. The van der Waals surface area contributed by atoms with Gasteiger partial charge in [0.1, 0.15) is 11.8 Å². The van der Waals surface area contributed by atoms with Gasteiger partial charge in [0.2, 0.25) is 0 Å². The van der Waals surface area contributed by atoms with E-state index in [2.05, 4.69) is 10.6 Å². The number of methoxy groups -OCH3 is 1. The van der Waals surface area contributed by atoms with Crippen molar-refractivity contribution >= 4 is 35.1 Å². The summed E-state index contributed by atoms with van der Waals surface area (Å²) in [5.41, 5.74) is 1.68. The molecule has 0 bridgehead atoms. The van der Waals surface area contributed by atoms with Crippen molar-refractivity contribution in [2.45, 2.75) is 12.5 Å². The van der Waals surface area contributed by atoms with Crippen LogP contribution >= 0.6 is 11.6 Å². The van der Waals surface area contributed by atoms with E-state index in [1.54, 1.807) is 42.5 Å². The Kier molecular flexibility index (Phi) is 8.43. The molecule has 0 saturated carbocycles. The topological polar surface area (TPSA) is 93.7 Å². The third-order valence-electron chi connectivity index (χ3n) is 4.69. The van der Waals surface area contributed by atoms with E-state index in [0.717, 1.165) is 5.56 Å². The van der Waals surface area contributed by atoms with Crippen LogP contribution in [0, 0.1) is 0 Å². The Morgan fingerprint density at radius 1 is 0.939 bits per heavy atom. The summed E-state index contributed by atoms with van der Waals surface area (Å²) < 4.78 is 10.3. The van der Waals surface area contributed by atoms with E-state index >= 15 is 0 Å². The number of amides is 2. The first-order valence-corrected chi connectivity index (χ1v) is 10.5.